The summed E-state index contributed by atoms with van der Waals surface area (Å²) in [5.74, 6) is -1.97. The molecule has 3 rings (SSSR count). The predicted molar refractivity (Wildman–Crippen MR) is 89.4 cm³/mol. The summed E-state index contributed by atoms with van der Waals surface area (Å²) in [6.45, 7) is 0.124. The maximum absolute atomic E-state index is 13.1. The highest BCUT2D eigenvalue weighted by molar-refractivity contribution is 5.95. The van der Waals surface area contributed by atoms with Gasteiger partial charge in [-0.2, -0.15) is 5.10 Å². The lowest BCUT2D eigenvalue weighted by atomic mass is 10.1. The highest BCUT2D eigenvalue weighted by atomic mass is 19.1. The summed E-state index contributed by atoms with van der Waals surface area (Å²) in [4.78, 5) is 24.7. The molecule has 128 valence electrons. The van der Waals surface area contributed by atoms with Crippen LogP contribution in [0.4, 0.5) is 8.78 Å². The van der Waals surface area contributed by atoms with Gasteiger partial charge in [-0.1, -0.05) is 12.1 Å². The number of carbonyl (C=O) groups is 1. The summed E-state index contributed by atoms with van der Waals surface area (Å²) >= 11 is 0. The maximum atomic E-state index is 13.1. The number of benzene rings is 2. The van der Waals surface area contributed by atoms with Crippen LogP contribution in [0, 0.1) is 11.6 Å². The number of rotatable bonds is 4. The van der Waals surface area contributed by atoms with E-state index in [-0.39, 0.29) is 18.7 Å². The van der Waals surface area contributed by atoms with Gasteiger partial charge in [-0.25, -0.2) is 8.78 Å². The molecule has 0 fully saturated rings. The van der Waals surface area contributed by atoms with E-state index in [4.69, 9.17) is 0 Å². The Hall–Kier alpha value is -3.09. The molecule has 1 aromatic heterocycles. The fourth-order valence-corrected chi connectivity index (χ4v) is 2.63. The summed E-state index contributed by atoms with van der Waals surface area (Å²) in [6, 6.07) is 10.0. The van der Waals surface area contributed by atoms with Crippen molar-refractivity contribution in [3.05, 3.63) is 75.6 Å². The number of halogens is 2. The second kappa shape index (κ2) is 6.80. The van der Waals surface area contributed by atoms with Crippen molar-refractivity contribution in [3.8, 4) is 0 Å². The van der Waals surface area contributed by atoms with Crippen LogP contribution < -0.4 is 10.7 Å². The minimum atomic E-state index is -0.675. The van der Waals surface area contributed by atoms with Gasteiger partial charge in [-0.05, 0) is 36.2 Å². The lowest BCUT2D eigenvalue weighted by Gasteiger charge is -2.08. The first-order chi connectivity index (χ1) is 12.0. The molecule has 0 saturated carbocycles. The summed E-state index contributed by atoms with van der Waals surface area (Å²) in [5, 5.41) is 6.99. The van der Waals surface area contributed by atoms with Crippen LogP contribution in [-0.2, 0) is 13.5 Å². The summed E-state index contributed by atoms with van der Waals surface area (Å²) < 4.78 is 27.8. The van der Waals surface area contributed by atoms with E-state index in [1.165, 1.54) is 16.8 Å². The first-order valence-electron chi connectivity index (χ1n) is 7.65. The Balaban J connectivity index is 1.76. The van der Waals surface area contributed by atoms with Crippen LogP contribution >= 0.6 is 0 Å². The standard InChI is InChI=1S/C18H15F2N3O2/c1-23-15-5-3-2-4-14(15)17(24)16(22-23)18(25)21-7-6-11-8-12(19)10-13(20)9-11/h2-5,8-10H,6-7H2,1H3,(H,21,25). The summed E-state index contributed by atoms with van der Waals surface area (Å²) in [6.07, 6.45) is 0.230. The van der Waals surface area contributed by atoms with E-state index in [2.05, 4.69) is 10.4 Å². The number of hydrogen-bond acceptors (Lipinski definition) is 3. The van der Waals surface area contributed by atoms with Gasteiger partial charge in [0.05, 0.1) is 5.52 Å². The molecule has 0 radical (unpaired) electrons. The molecule has 7 heteroatoms. The molecule has 0 aliphatic rings. The number of para-hydroxylation sites is 1. The maximum Gasteiger partial charge on any atom is 0.275 e. The molecule has 3 aromatic rings. The van der Waals surface area contributed by atoms with Gasteiger partial charge in [0.1, 0.15) is 11.6 Å². The molecule has 5 nitrogen and oxygen atoms in total. The van der Waals surface area contributed by atoms with Gasteiger partial charge in [0.15, 0.2) is 5.69 Å². The van der Waals surface area contributed by atoms with Crippen molar-refractivity contribution < 1.29 is 13.6 Å². The van der Waals surface area contributed by atoms with E-state index in [1.54, 1.807) is 31.3 Å². The zero-order chi connectivity index (χ0) is 18.0. The van der Waals surface area contributed by atoms with Crippen LogP contribution in [0.5, 0.6) is 0 Å². The van der Waals surface area contributed by atoms with Gasteiger partial charge in [-0.3, -0.25) is 14.3 Å². The van der Waals surface area contributed by atoms with Crippen LogP contribution in [-0.4, -0.2) is 22.2 Å². The molecule has 1 heterocycles. The van der Waals surface area contributed by atoms with E-state index in [1.807, 2.05) is 0 Å². The molecule has 0 atom stereocenters. The highest BCUT2D eigenvalue weighted by Crippen LogP contribution is 2.09. The third kappa shape index (κ3) is 3.55. The van der Waals surface area contributed by atoms with E-state index in [9.17, 15) is 18.4 Å². The number of carbonyl (C=O) groups excluding carboxylic acids is 1. The Morgan fingerprint density at radius 3 is 2.56 bits per heavy atom. The Morgan fingerprint density at radius 2 is 1.84 bits per heavy atom. The highest BCUT2D eigenvalue weighted by Gasteiger charge is 2.16. The van der Waals surface area contributed by atoms with Crippen molar-refractivity contribution in [1.29, 1.82) is 0 Å². The van der Waals surface area contributed by atoms with Gasteiger partial charge in [-0.15, -0.1) is 0 Å². The molecule has 0 aliphatic heterocycles. The average Bonchev–Trinajstić information content (AvgIpc) is 2.57. The van der Waals surface area contributed by atoms with Gasteiger partial charge < -0.3 is 5.32 Å². The molecule has 0 unspecified atom stereocenters. The van der Waals surface area contributed by atoms with Crippen molar-refractivity contribution >= 4 is 16.8 Å². The van der Waals surface area contributed by atoms with Crippen molar-refractivity contribution in [2.75, 3.05) is 6.54 Å². The zero-order valence-corrected chi connectivity index (χ0v) is 13.4. The summed E-state index contributed by atoms with van der Waals surface area (Å²) in [5.41, 5.74) is 0.367. The van der Waals surface area contributed by atoms with E-state index in [0.29, 0.717) is 16.5 Å². The van der Waals surface area contributed by atoms with Gasteiger partial charge in [0, 0.05) is 25.0 Å². The molecule has 2 aromatic carbocycles. The number of aromatic nitrogens is 2. The largest absolute Gasteiger partial charge is 0.350 e. The molecule has 25 heavy (non-hydrogen) atoms. The number of aryl methyl sites for hydroxylation is 1. The van der Waals surface area contributed by atoms with Crippen LogP contribution in [0.1, 0.15) is 16.1 Å². The van der Waals surface area contributed by atoms with Crippen LogP contribution in [0.2, 0.25) is 0 Å². The van der Waals surface area contributed by atoms with Gasteiger partial charge in [0.25, 0.3) is 5.91 Å². The Morgan fingerprint density at radius 1 is 1.16 bits per heavy atom. The second-order valence-corrected chi connectivity index (χ2v) is 5.60. The molecule has 0 bridgehead atoms. The monoisotopic (exact) mass is 343 g/mol. The van der Waals surface area contributed by atoms with Crippen LogP contribution in [0.3, 0.4) is 0 Å². The lowest BCUT2D eigenvalue weighted by Crippen LogP contribution is -2.33. The van der Waals surface area contributed by atoms with Crippen molar-refractivity contribution in [3.63, 3.8) is 0 Å². The van der Waals surface area contributed by atoms with Crippen molar-refractivity contribution in [2.45, 2.75) is 6.42 Å². The minimum absolute atomic E-state index is 0.124. The SMILES string of the molecule is Cn1nc(C(=O)NCCc2cc(F)cc(F)c2)c(=O)c2ccccc21. The van der Waals surface area contributed by atoms with E-state index < -0.39 is 23.0 Å². The molecule has 0 aliphatic carbocycles. The molecular weight excluding hydrogens is 328 g/mol. The fraction of sp³-hybridized carbons (Fsp3) is 0.167. The number of hydrogen-bond donors (Lipinski definition) is 1. The van der Waals surface area contributed by atoms with E-state index in [0.717, 1.165) is 6.07 Å². The minimum Gasteiger partial charge on any atom is -0.350 e. The summed E-state index contributed by atoms with van der Waals surface area (Å²) in [7, 11) is 1.65. The molecule has 0 spiro atoms. The topological polar surface area (TPSA) is 64.0 Å². The van der Waals surface area contributed by atoms with E-state index >= 15 is 0 Å². The first-order valence-corrected chi connectivity index (χ1v) is 7.65. The molecular formula is C18H15F2N3O2. The normalized spacial score (nSPS) is 10.8. The molecule has 1 amide bonds. The number of nitrogens with one attached hydrogen (secondary N) is 1. The Labute approximate surface area is 141 Å². The smallest absolute Gasteiger partial charge is 0.275 e. The number of amides is 1. The number of nitrogens with zero attached hydrogens (tertiary/aromatic N) is 2. The average molecular weight is 343 g/mol. The zero-order valence-electron chi connectivity index (χ0n) is 13.4. The first kappa shape index (κ1) is 16.8. The van der Waals surface area contributed by atoms with Crippen molar-refractivity contribution in [1.82, 2.24) is 15.1 Å². The van der Waals surface area contributed by atoms with Crippen LogP contribution in [0.25, 0.3) is 10.9 Å². The predicted octanol–water partition coefficient (Wildman–Crippen LogP) is 2.18. The van der Waals surface area contributed by atoms with Crippen LogP contribution in [0.15, 0.2) is 47.3 Å². The van der Waals surface area contributed by atoms with Crippen molar-refractivity contribution in [2.24, 2.45) is 7.05 Å². The molecule has 0 saturated heterocycles. The second-order valence-electron chi connectivity index (χ2n) is 5.60. The fourth-order valence-electron chi connectivity index (χ4n) is 2.63. The lowest BCUT2D eigenvalue weighted by molar-refractivity contribution is 0.0946. The quantitative estimate of drug-likeness (QED) is 0.790. The van der Waals surface area contributed by atoms with Gasteiger partial charge >= 0.3 is 0 Å². The Bertz CT molecular complexity index is 995. The third-order valence-corrected chi connectivity index (χ3v) is 3.80. The molecule has 1 N–H and O–H groups in total. The number of fused-ring (bicyclic) bond motifs is 1. The Kier molecular flexibility index (Phi) is 4.56. The van der Waals surface area contributed by atoms with Gasteiger partial charge in [0.2, 0.25) is 5.43 Å². The third-order valence-electron chi connectivity index (χ3n) is 3.80.